The van der Waals surface area contributed by atoms with E-state index in [1.54, 1.807) is 29.2 Å². The summed E-state index contributed by atoms with van der Waals surface area (Å²) in [6.07, 6.45) is 0.288. The number of aliphatic hydroxyl groups is 1. The molecule has 1 aliphatic heterocycles. The average molecular weight is 354 g/mol. The largest absolute Gasteiger partial charge is 0.444 e. The number of amides is 2. The molecule has 0 unspecified atom stereocenters. The first-order chi connectivity index (χ1) is 12.6. The van der Waals surface area contributed by atoms with E-state index in [9.17, 15) is 14.7 Å². The molecule has 26 heavy (non-hydrogen) atoms. The highest BCUT2D eigenvalue weighted by Gasteiger charge is 2.22. The lowest BCUT2D eigenvalue weighted by Gasteiger charge is -2.29. The summed E-state index contributed by atoms with van der Waals surface area (Å²) in [5.74, 6) is -0.0989. The molecule has 3 rings (SSSR count). The second kappa shape index (κ2) is 8.49. The molecule has 0 saturated carbocycles. The number of carbonyl (C=O) groups excluding carboxylic acids is 2. The van der Waals surface area contributed by atoms with Crippen LogP contribution in [0.3, 0.4) is 0 Å². The highest BCUT2D eigenvalue weighted by atomic mass is 16.5. The lowest BCUT2D eigenvalue weighted by Crippen LogP contribution is -2.40. The Morgan fingerprint density at radius 2 is 1.81 bits per heavy atom. The minimum atomic E-state index is -0.570. The Bertz CT molecular complexity index is 755. The zero-order valence-electron chi connectivity index (χ0n) is 14.4. The molecule has 0 aromatic heterocycles. The van der Waals surface area contributed by atoms with Gasteiger partial charge in [0.05, 0.1) is 6.10 Å². The number of hydrogen-bond donors (Lipinski definition) is 2. The second-order valence-corrected chi connectivity index (χ2v) is 6.29. The topological polar surface area (TPSA) is 78.9 Å². The molecule has 2 amide bonds. The fourth-order valence-electron chi connectivity index (χ4n) is 2.86. The lowest BCUT2D eigenvalue weighted by molar-refractivity contribution is 0.0546. The summed E-state index contributed by atoms with van der Waals surface area (Å²) in [5, 5.41) is 12.2. The zero-order chi connectivity index (χ0) is 18.4. The number of piperidine rings is 1. The number of aliphatic hydroxyl groups excluding tert-OH is 1. The van der Waals surface area contributed by atoms with E-state index in [1.165, 1.54) is 0 Å². The Balaban J connectivity index is 1.56. The molecule has 2 aromatic rings. The maximum absolute atomic E-state index is 12.6. The fourth-order valence-corrected chi connectivity index (χ4v) is 2.86. The predicted octanol–water partition coefficient (Wildman–Crippen LogP) is 3.03. The van der Waals surface area contributed by atoms with E-state index in [0.29, 0.717) is 37.2 Å². The van der Waals surface area contributed by atoms with Gasteiger partial charge in [0.25, 0.3) is 5.91 Å². The molecule has 1 fully saturated rings. The number of nitrogens with zero attached hydrogens (tertiary/aromatic N) is 1. The molecule has 0 radical (unpaired) electrons. The van der Waals surface area contributed by atoms with Gasteiger partial charge in [-0.2, -0.15) is 0 Å². The van der Waals surface area contributed by atoms with Crippen LogP contribution in [0.5, 0.6) is 0 Å². The Hall–Kier alpha value is -2.86. The SMILES string of the molecule is O=C(Nc1cccc(C(=O)N2CCC(O)CC2)c1)OCc1ccccc1. The van der Waals surface area contributed by atoms with E-state index < -0.39 is 6.09 Å². The van der Waals surface area contributed by atoms with Crippen LogP contribution in [0, 0.1) is 0 Å². The van der Waals surface area contributed by atoms with Crippen LogP contribution in [-0.4, -0.2) is 41.2 Å². The van der Waals surface area contributed by atoms with Gasteiger partial charge in [-0.1, -0.05) is 36.4 Å². The number of anilines is 1. The minimum absolute atomic E-state index is 0.0989. The van der Waals surface area contributed by atoms with Gasteiger partial charge in [0.2, 0.25) is 0 Å². The molecule has 1 heterocycles. The third-order valence-corrected chi connectivity index (χ3v) is 4.32. The van der Waals surface area contributed by atoms with Crippen molar-refractivity contribution in [3.63, 3.8) is 0 Å². The van der Waals surface area contributed by atoms with Crippen molar-refractivity contribution >= 4 is 17.7 Å². The first kappa shape index (κ1) is 17.9. The van der Waals surface area contributed by atoms with Crippen LogP contribution in [-0.2, 0) is 11.3 Å². The van der Waals surface area contributed by atoms with Gasteiger partial charge in [-0.15, -0.1) is 0 Å². The van der Waals surface area contributed by atoms with Crippen molar-refractivity contribution in [1.29, 1.82) is 0 Å². The molecule has 136 valence electrons. The van der Waals surface area contributed by atoms with Gasteiger partial charge in [0.1, 0.15) is 6.61 Å². The van der Waals surface area contributed by atoms with Gasteiger partial charge in [-0.05, 0) is 36.6 Å². The van der Waals surface area contributed by atoms with Gasteiger partial charge in [0.15, 0.2) is 0 Å². The Kier molecular flexibility index (Phi) is 5.86. The van der Waals surface area contributed by atoms with Crippen molar-refractivity contribution in [1.82, 2.24) is 4.90 Å². The van der Waals surface area contributed by atoms with Gasteiger partial charge >= 0.3 is 6.09 Å². The molecule has 0 bridgehead atoms. The highest BCUT2D eigenvalue weighted by molar-refractivity contribution is 5.96. The molecule has 0 aliphatic carbocycles. The summed E-state index contributed by atoms with van der Waals surface area (Å²) in [6, 6.07) is 16.2. The summed E-state index contributed by atoms with van der Waals surface area (Å²) < 4.78 is 5.19. The third-order valence-electron chi connectivity index (χ3n) is 4.32. The van der Waals surface area contributed by atoms with Crippen molar-refractivity contribution in [2.24, 2.45) is 0 Å². The molecular weight excluding hydrogens is 332 g/mol. The molecule has 0 atom stereocenters. The number of rotatable bonds is 4. The third kappa shape index (κ3) is 4.83. The quantitative estimate of drug-likeness (QED) is 0.885. The van der Waals surface area contributed by atoms with E-state index in [1.807, 2.05) is 30.3 Å². The predicted molar refractivity (Wildman–Crippen MR) is 97.8 cm³/mol. The summed E-state index contributed by atoms with van der Waals surface area (Å²) in [5.41, 5.74) is 1.91. The zero-order valence-corrected chi connectivity index (χ0v) is 14.4. The van der Waals surface area contributed by atoms with Crippen LogP contribution in [0.2, 0.25) is 0 Å². The maximum atomic E-state index is 12.6. The van der Waals surface area contributed by atoms with Crippen LogP contribution in [0.1, 0.15) is 28.8 Å². The first-order valence-electron chi connectivity index (χ1n) is 8.67. The standard InChI is InChI=1S/C20H22N2O4/c23-18-9-11-22(12-10-18)19(24)16-7-4-8-17(13-16)21-20(25)26-14-15-5-2-1-3-6-15/h1-8,13,18,23H,9-12,14H2,(H,21,25). The Morgan fingerprint density at radius 1 is 1.08 bits per heavy atom. The molecule has 6 nitrogen and oxygen atoms in total. The van der Waals surface area contributed by atoms with Crippen LogP contribution < -0.4 is 5.32 Å². The molecule has 0 spiro atoms. The van der Waals surface area contributed by atoms with Gasteiger partial charge in [-0.3, -0.25) is 10.1 Å². The van der Waals surface area contributed by atoms with E-state index in [2.05, 4.69) is 5.32 Å². The summed E-state index contributed by atoms with van der Waals surface area (Å²) >= 11 is 0. The Morgan fingerprint density at radius 3 is 2.54 bits per heavy atom. The highest BCUT2D eigenvalue weighted by Crippen LogP contribution is 2.17. The average Bonchev–Trinajstić information content (AvgIpc) is 2.67. The normalized spacial score (nSPS) is 14.7. The number of ether oxygens (including phenoxy) is 1. The number of nitrogens with one attached hydrogen (secondary N) is 1. The van der Waals surface area contributed by atoms with Gasteiger partial charge in [-0.25, -0.2) is 4.79 Å². The molecule has 1 saturated heterocycles. The fraction of sp³-hybridized carbons (Fsp3) is 0.300. The van der Waals surface area contributed by atoms with E-state index in [4.69, 9.17) is 4.74 Å². The Labute approximate surface area is 152 Å². The molecule has 2 N–H and O–H groups in total. The van der Waals surface area contributed by atoms with E-state index in [-0.39, 0.29) is 18.6 Å². The number of likely N-dealkylation sites (tertiary alicyclic amines) is 1. The van der Waals surface area contributed by atoms with Crippen molar-refractivity contribution in [2.75, 3.05) is 18.4 Å². The van der Waals surface area contributed by atoms with E-state index in [0.717, 1.165) is 5.56 Å². The smallest absolute Gasteiger partial charge is 0.411 e. The van der Waals surface area contributed by atoms with Crippen molar-refractivity contribution in [3.05, 3.63) is 65.7 Å². The van der Waals surface area contributed by atoms with Crippen LogP contribution in [0.25, 0.3) is 0 Å². The summed E-state index contributed by atoms with van der Waals surface area (Å²) in [4.78, 5) is 26.2. The summed E-state index contributed by atoms with van der Waals surface area (Å²) in [7, 11) is 0. The number of carbonyl (C=O) groups is 2. The lowest BCUT2D eigenvalue weighted by atomic mass is 10.1. The van der Waals surface area contributed by atoms with Crippen molar-refractivity contribution in [2.45, 2.75) is 25.6 Å². The first-order valence-corrected chi connectivity index (χ1v) is 8.67. The van der Waals surface area contributed by atoms with Crippen LogP contribution in [0.15, 0.2) is 54.6 Å². The van der Waals surface area contributed by atoms with Gasteiger partial charge < -0.3 is 14.7 Å². The minimum Gasteiger partial charge on any atom is -0.444 e. The molecule has 2 aromatic carbocycles. The van der Waals surface area contributed by atoms with Crippen LogP contribution in [0.4, 0.5) is 10.5 Å². The maximum Gasteiger partial charge on any atom is 0.411 e. The number of hydrogen-bond acceptors (Lipinski definition) is 4. The van der Waals surface area contributed by atoms with Crippen LogP contribution >= 0.6 is 0 Å². The van der Waals surface area contributed by atoms with Crippen molar-refractivity contribution in [3.8, 4) is 0 Å². The number of benzene rings is 2. The van der Waals surface area contributed by atoms with Gasteiger partial charge in [0, 0.05) is 24.3 Å². The molecule has 6 heteroatoms. The summed E-state index contributed by atoms with van der Waals surface area (Å²) in [6.45, 7) is 1.26. The monoisotopic (exact) mass is 354 g/mol. The molecule has 1 aliphatic rings. The van der Waals surface area contributed by atoms with Crippen molar-refractivity contribution < 1.29 is 19.4 Å². The second-order valence-electron chi connectivity index (χ2n) is 6.29. The van der Waals surface area contributed by atoms with E-state index >= 15 is 0 Å². The molecular formula is C20H22N2O4.